The Kier molecular flexibility index (Phi) is 35.3. The number of hydrogen-bond acceptors (Lipinski definition) is 4. The standard InChI is InChI=1S/C24H44O4.2K/c1-2-3-4-5-6-7-8-9-10-11-12-13-14-15-16-17-18-19-20-22(24(27)28)21-23(25)26;;/h7-8,22H,2-6,9-21H2,1H3,(H,25,26)(H,27,28);;/q;2*+1/p-2/b8-7+;;. The van der Waals surface area contributed by atoms with Gasteiger partial charge in [-0.25, -0.2) is 0 Å². The Morgan fingerprint density at radius 3 is 1.47 bits per heavy atom. The number of rotatable bonds is 21. The van der Waals surface area contributed by atoms with Crippen LogP contribution in [0.3, 0.4) is 0 Å². The smallest absolute Gasteiger partial charge is 0.550 e. The van der Waals surface area contributed by atoms with Crippen LogP contribution in [-0.2, 0) is 9.59 Å². The number of carboxylic acid groups (broad SMARTS) is 2. The molecule has 164 valence electrons. The SMILES string of the molecule is CCCCCC/C=C/CCCCCCCCCCCCC(CC(=O)[O-])C(=O)[O-].[K+].[K+]. The summed E-state index contributed by atoms with van der Waals surface area (Å²) in [5, 5.41) is 21.3. The molecule has 0 radical (unpaired) electrons. The third-order valence-corrected chi connectivity index (χ3v) is 5.31. The molecule has 0 heterocycles. The molecule has 0 aliphatic rings. The molecule has 1 unspecified atom stereocenters. The van der Waals surface area contributed by atoms with E-state index in [1.807, 2.05) is 0 Å². The summed E-state index contributed by atoms with van der Waals surface area (Å²) in [5.74, 6) is -3.49. The van der Waals surface area contributed by atoms with E-state index in [-0.39, 0.29) is 103 Å². The Bertz CT molecular complexity index is 414. The van der Waals surface area contributed by atoms with Crippen molar-refractivity contribution < 1.29 is 123 Å². The number of unbranched alkanes of at least 4 members (excludes halogenated alkanes) is 14. The minimum absolute atomic E-state index is 0. The quantitative estimate of drug-likeness (QED) is 0.118. The number of carbonyl (C=O) groups excluding carboxylic acids is 2. The van der Waals surface area contributed by atoms with Gasteiger partial charge in [-0.2, -0.15) is 0 Å². The molecule has 0 rings (SSSR count). The van der Waals surface area contributed by atoms with Crippen molar-refractivity contribution in [3.05, 3.63) is 12.2 Å². The van der Waals surface area contributed by atoms with E-state index in [4.69, 9.17) is 0 Å². The van der Waals surface area contributed by atoms with Crippen molar-refractivity contribution in [2.75, 3.05) is 0 Å². The van der Waals surface area contributed by atoms with E-state index >= 15 is 0 Å². The van der Waals surface area contributed by atoms with Crippen LogP contribution in [0, 0.1) is 5.92 Å². The molecule has 0 fully saturated rings. The summed E-state index contributed by atoms with van der Waals surface area (Å²) < 4.78 is 0. The molecule has 0 aromatic carbocycles. The van der Waals surface area contributed by atoms with Gasteiger partial charge in [-0.05, 0) is 38.5 Å². The summed E-state index contributed by atoms with van der Waals surface area (Å²) in [6, 6.07) is 0. The zero-order valence-electron chi connectivity index (χ0n) is 20.1. The Morgan fingerprint density at radius 1 is 0.667 bits per heavy atom. The van der Waals surface area contributed by atoms with E-state index in [9.17, 15) is 19.8 Å². The van der Waals surface area contributed by atoms with Crippen LogP contribution in [0.1, 0.15) is 122 Å². The maximum absolute atomic E-state index is 10.8. The van der Waals surface area contributed by atoms with Crippen LogP contribution < -0.4 is 113 Å². The first-order chi connectivity index (χ1) is 13.6. The van der Waals surface area contributed by atoms with Gasteiger partial charge in [0.15, 0.2) is 0 Å². The third kappa shape index (κ3) is 28.0. The molecule has 0 spiro atoms. The Labute approximate surface area is 270 Å². The molecule has 0 saturated carbocycles. The van der Waals surface area contributed by atoms with Crippen molar-refractivity contribution in [2.24, 2.45) is 5.92 Å². The molecule has 0 amide bonds. The van der Waals surface area contributed by atoms with E-state index in [1.54, 1.807) is 0 Å². The average Bonchev–Trinajstić information content (AvgIpc) is 2.65. The van der Waals surface area contributed by atoms with Crippen LogP contribution in [0.2, 0.25) is 0 Å². The van der Waals surface area contributed by atoms with Gasteiger partial charge in [0, 0.05) is 17.9 Å². The minimum Gasteiger partial charge on any atom is -0.550 e. The van der Waals surface area contributed by atoms with Gasteiger partial charge in [0.2, 0.25) is 0 Å². The van der Waals surface area contributed by atoms with Crippen LogP contribution >= 0.6 is 0 Å². The molecule has 0 aliphatic heterocycles. The summed E-state index contributed by atoms with van der Waals surface area (Å²) in [6.07, 6.45) is 24.2. The Hall–Kier alpha value is 1.95. The molecule has 0 N–H and O–H groups in total. The molecule has 0 aliphatic carbocycles. The second-order valence-electron chi connectivity index (χ2n) is 8.03. The number of carbonyl (C=O) groups is 2. The van der Waals surface area contributed by atoms with Gasteiger partial charge in [-0.15, -0.1) is 0 Å². The molecular formula is C24H42K2O4. The molecule has 0 saturated heterocycles. The van der Waals surface area contributed by atoms with Crippen LogP contribution in [0.4, 0.5) is 0 Å². The largest absolute Gasteiger partial charge is 1.00 e. The summed E-state index contributed by atoms with van der Waals surface area (Å²) in [6.45, 7) is 2.25. The van der Waals surface area contributed by atoms with Gasteiger partial charge >= 0.3 is 103 Å². The van der Waals surface area contributed by atoms with Gasteiger partial charge in [0.05, 0.1) is 0 Å². The van der Waals surface area contributed by atoms with Gasteiger partial charge < -0.3 is 19.8 Å². The number of aliphatic carboxylic acids is 2. The summed E-state index contributed by atoms with van der Waals surface area (Å²) >= 11 is 0. The number of allylic oxidation sites excluding steroid dienone is 2. The van der Waals surface area contributed by atoms with Gasteiger partial charge in [-0.1, -0.05) is 96.1 Å². The van der Waals surface area contributed by atoms with Gasteiger partial charge in [0.1, 0.15) is 0 Å². The topological polar surface area (TPSA) is 80.3 Å². The van der Waals surface area contributed by atoms with Crippen LogP contribution in [0.15, 0.2) is 12.2 Å². The van der Waals surface area contributed by atoms with Crippen molar-refractivity contribution in [1.29, 1.82) is 0 Å². The monoisotopic (exact) mass is 472 g/mol. The van der Waals surface area contributed by atoms with Crippen molar-refractivity contribution in [1.82, 2.24) is 0 Å². The van der Waals surface area contributed by atoms with E-state index in [2.05, 4.69) is 19.1 Å². The van der Waals surface area contributed by atoms with Crippen LogP contribution in [-0.4, -0.2) is 11.9 Å². The average molecular weight is 473 g/mol. The second-order valence-corrected chi connectivity index (χ2v) is 8.03. The normalized spacial score (nSPS) is 11.6. The van der Waals surface area contributed by atoms with Crippen LogP contribution in [0.5, 0.6) is 0 Å². The van der Waals surface area contributed by atoms with Gasteiger partial charge in [0.25, 0.3) is 0 Å². The molecule has 6 heteroatoms. The molecule has 30 heavy (non-hydrogen) atoms. The Balaban J connectivity index is -0.00000364. The van der Waals surface area contributed by atoms with Gasteiger partial charge in [-0.3, -0.25) is 0 Å². The van der Waals surface area contributed by atoms with Crippen molar-refractivity contribution in [3.63, 3.8) is 0 Å². The second kappa shape index (κ2) is 29.0. The third-order valence-electron chi connectivity index (χ3n) is 5.31. The zero-order chi connectivity index (χ0) is 20.9. The maximum atomic E-state index is 10.8. The van der Waals surface area contributed by atoms with E-state index < -0.39 is 24.3 Å². The molecule has 1 atom stereocenters. The summed E-state index contributed by atoms with van der Waals surface area (Å²) in [7, 11) is 0. The zero-order valence-corrected chi connectivity index (χ0v) is 26.3. The maximum Gasteiger partial charge on any atom is 1.00 e. The number of carboxylic acids is 2. The fourth-order valence-electron chi connectivity index (χ4n) is 3.50. The Morgan fingerprint density at radius 2 is 1.07 bits per heavy atom. The first-order valence-electron chi connectivity index (χ1n) is 11.6. The minimum atomic E-state index is -1.31. The number of hydrogen-bond donors (Lipinski definition) is 0. The van der Waals surface area contributed by atoms with Crippen molar-refractivity contribution in [2.45, 2.75) is 122 Å². The first-order valence-corrected chi connectivity index (χ1v) is 11.6. The summed E-state index contributed by atoms with van der Waals surface area (Å²) in [4.78, 5) is 21.3. The molecule has 0 bridgehead atoms. The van der Waals surface area contributed by atoms with E-state index in [0.717, 1.165) is 19.3 Å². The summed E-state index contributed by atoms with van der Waals surface area (Å²) in [5.41, 5.74) is 0. The van der Waals surface area contributed by atoms with Crippen molar-refractivity contribution in [3.8, 4) is 0 Å². The van der Waals surface area contributed by atoms with Crippen LogP contribution in [0.25, 0.3) is 0 Å². The predicted molar refractivity (Wildman–Crippen MR) is 111 cm³/mol. The molecule has 0 aromatic rings. The molecular weight excluding hydrogens is 430 g/mol. The molecule has 0 aromatic heterocycles. The van der Waals surface area contributed by atoms with Crippen molar-refractivity contribution >= 4 is 11.9 Å². The fraction of sp³-hybridized carbons (Fsp3) is 0.833. The predicted octanol–water partition coefficient (Wildman–Crippen LogP) is -1.29. The van der Waals surface area contributed by atoms with E-state index in [1.165, 1.54) is 83.5 Å². The first kappa shape index (κ1) is 36.5. The fourth-order valence-corrected chi connectivity index (χ4v) is 3.50. The molecule has 4 nitrogen and oxygen atoms in total. The van der Waals surface area contributed by atoms with E-state index in [0.29, 0.717) is 6.42 Å².